The van der Waals surface area contributed by atoms with Crippen LogP contribution in [-0.4, -0.2) is 6.54 Å². The molecule has 0 spiro atoms. The maximum atomic E-state index is 8.61. The summed E-state index contributed by atoms with van der Waals surface area (Å²) in [5.74, 6) is 0.0382. The zero-order chi connectivity index (χ0) is 10.6. The molecule has 1 aromatic carbocycles. The number of hydrogen-bond donors (Lipinski definition) is 1. The van der Waals surface area contributed by atoms with E-state index >= 15 is 0 Å². The molecule has 0 amide bonds. The molecule has 0 aromatic heterocycles. The minimum atomic E-state index is 0.0382. The van der Waals surface area contributed by atoms with Gasteiger partial charge < -0.3 is 5.32 Å². The van der Waals surface area contributed by atoms with Crippen LogP contribution in [0.2, 0.25) is 0 Å². The maximum absolute atomic E-state index is 8.61. The number of benzene rings is 1. The van der Waals surface area contributed by atoms with Crippen LogP contribution >= 0.6 is 38.5 Å². The van der Waals surface area contributed by atoms with Crippen LogP contribution < -0.4 is 5.32 Å². The molecule has 74 valence electrons. The molecule has 0 heterocycles. The van der Waals surface area contributed by atoms with Gasteiger partial charge in [0.05, 0.1) is 12.0 Å². The van der Waals surface area contributed by atoms with Crippen molar-refractivity contribution in [3.8, 4) is 6.07 Å². The first-order chi connectivity index (χ1) is 6.63. The third-order valence-electron chi connectivity index (χ3n) is 1.75. The first kappa shape index (κ1) is 11.8. The van der Waals surface area contributed by atoms with Gasteiger partial charge in [0, 0.05) is 20.3 Å². The lowest BCUT2D eigenvalue weighted by Crippen LogP contribution is -2.09. The van der Waals surface area contributed by atoms with Crippen LogP contribution in [0.4, 0.5) is 5.69 Å². The monoisotopic (exact) mass is 364 g/mol. The van der Waals surface area contributed by atoms with Crippen molar-refractivity contribution in [1.82, 2.24) is 0 Å². The van der Waals surface area contributed by atoms with E-state index in [1.54, 1.807) is 0 Å². The Morgan fingerprint density at radius 2 is 2.36 bits per heavy atom. The molecular formula is C10H10BrIN2. The predicted molar refractivity (Wildman–Crippen MR) is 70.1 cm³/mol. The van der Waals surface area contributed by atoms with Crippen LogP contribution in [-0.2, 0) is 0 Å². The van der Waals surface area contributed by atoms with Crippen molar-refractivity contribution in [3.63, 3.8) is 0 Å². The Morgan fingerprint density at radius 1 is 1.64 bits per heavy atom. The molecule has 2 nitrogen and oxygen atoms in total. The highest BCUT2D eigenvalue weighted by Gasteiger charge is 2.01. The van der Waals surface area contributed by atoms with Crippen LogP contribution in [0, 0.1) is 20.8 Å². The summed E-state index contributed by atoms with van der Waals surface area (Å²) in [6.45, 7) is 2.59. The minimum Gasteiger partial charge on any atom is -0.384 e. The Hall–Kier alpha value is -0.280. The van der Waals surface area contributed by atoms with Gasteiger partial charge in [-0.3, -0.25) is 0 Å². The molecule has 14 heavy (non-hydrogen) atoms. The smallest absolute Gasteiger partial charge is 0.0671 e. The molecule has 0 aliphatic carbocycles. The van der Waals surface area contributed by atoms with E-state index in [4.69, 9.17) is 5.26 Å². The van der Waals surface area contributed by atoms with Gasteiger partial charge in [0.25, 0.3) is 0 Å². The average molecular weight is 365 g/mol. The van der Waals surface area contributed by atoms with Crippen molar-refractivity contribution in [2.45, 2.75) is 6.92 Å². The lowest BCUT2D eigenvalue weighted by Gasteiger charge is -2.08. The first-order valence-electron chi connectivity index (χ1n) is 4.22. The summed E-state index contributed by atoms with van der Waals surface area (Å²) in [5, 5.41) is 11.8. The number of anilines is 1. The highest BCUT2D eigenvalue weighted by molar-refractivity contribution is 14.1. The second-order valence-corrected chi connectivity index (χ2v) is 5.06. The van der Waals surface area contributed by atoms with E-state index in [1.807, 2.05) is 19.1 Å². The van der Waals surface area contributed by atoms with E-state index in [9.17, 15) is 0 Å². The third kappa shape index (κ3) is 3.46. The maximum Gasteiger partial charge on any atom is 0.0671 e. The van der Waals surface area contributed by atoms with Crippen molar-refractivity contribution >= 4 is 44.2 Å². The van der Waals surface area contributed by atoms with Gasteiger partial charge in [0.1, 0.15) is 0 Å². The summed E-state index contributed by atoms with van der Waals surface area (Å²) in [4.78, 5) is 0. The number of halogens is 2. The standard InChI is InChI=1S/C10H10BrIN2/c1-7(5-13)6-14-8-2-3-9(11)10(12)4-8/h2-4,7,14H,6H2,1H3. The molecule has 1 unspecified atom stereocenters. The van der Waals surface area contributed by atoms with Crippen LogP contribution in [0.15, 0.2) is 22.7 Å². The largest absolute Gasteiger partial charge is 0.384 e. The summed E-state index contributed by atoms with van der Waals surface area (Å²) in [6, 6.07) is 8.24. The average Bonchev–Trinajstić information content (AvgIpc) is 2.19. The Balaban J connectivity index is 2.61. The molecule has 4 heteroatoms. The molecule has 1 aromatic rings. The van der Waals surface area contributed by atoms with Crippen LogP contribution in [0.25, 0.3) is 0 Å². The fourth-order valence-electron chi connectivity index (χ4n) is 0.923. The third-order valence-corrected chi connectivity index (χ3v) is 4.08. The lowest BCUT2D eigenvalue weighted by atomic mass is 10.2. The molecule has 0 bridgehead atoms. The second kappa shape index (κ2) is 5.56. The van der Waals surface area contributed by atoms with Gasteiger partial charge in [0.2, 0.25) is 0 Å². The topological polar surface area (TPSA) is 35.8 Å². The number of nitrogens with zero attached hydrogens (tertiary/aromatic N) is 1. The van der Waals surface area contributed by atoms with E-state index < -0.39 is 0 Å². The molecule has 1 atom stereocenters. The molecule has 0 saturated heterocycles. The fourth-order valence-corrected chi connectivity index (χ4v) is 1.68. The van der Waals surface area contributed by atoms with Gasteiger partial charge in [-0.25, -0.2) is 0 Å². The number of nitrogens with one attached hydrogen (secondary N) is 1. The van der Waals surface area contributed by atoms with Crippen molar-refractivity contribution in [2.24, 2.45) is 5.92 Å². The number of nitriles is 1. The summed E-state index contributed by atoms with van der Waals surface area (Å²) in [7, 11) is 0. The normalized spacial score (nSPS) is 11.9. The second-order valence-electron chi connectivity index (χ2n) is 3.04. The van der Waals surface area contributed by atoms with Crippen LogP contribution in [0.3, 0.4) is 0 Å². The Kier molecular flexibility index (Phi) is 4.69. The van der Waals surface area contributed by atoms with E-state index in [1.165, 1.54) is 0 Å². The predicted octanol–water partition coefficient (Wildman–Crippen LogP) is 3.63. The lowest BCUT2D eigenvalue weighted by molar-refractivity contribution is 0.786. The quantitative estimate of drug-likeness (QED) is 0.831. The van der Waals surface area contributed by atoms with Crippen molar-refractivity contribution < 1.29 is 0 Å². The number of hydrogen-bond acceptors (Lipinski definition) is 2. The summed E-state index contributed by atoms with van der Waals surface area (Å²) < 4.78 is 2.26. The minimum absolute atomic E-state index is 0.0382. The SMILES string of the molecule is CC(C#N)CNc1ccc(Br)c(I)c1. The number of rotatable bonds is 3. The molecular weight excluding hydrogens is 355 g/mol. The first-order valence-corrected chi connectivity index (χ1v) is 6.09. The van der Waals surface area contributed by atoms with Gasteiger partial charge in [-0.2, -0.15) is 5.26 Å². The Morgan fingerprint density at radius 3 is 2.93 bits per heavy atom. The Bertz CT molecular complexity index is 360. The molecule has 0 fully saturated rings. The van der Waals surface area contributed by atoms with E-state index in [0.29, 0.717) is 6.54 Å². The molecule has 0 saturated carbocycles. The molecule has 0 aliphatic heterocycles. The summed E-state index contributed by atoms with van der Waals surface area (Å²) >= 11 is 5.70. The summed E-state index contributed by atoms with van der Waals surface area (Å²) in [5.41, 5.74) is 1.06. The zero-order valence-electron chi connectivity index (χ0n) is 7.72. The van der Waals surface area contributed by atoms with Crippen molar-refractivity contribution in [3.05, 3.63) is 26.2 Å². The van der Waals surface area contributed by atoms with Gasteiger partial charge >= 0.3 is 0 Å². The van der Waals surface area contributed by atoms with Crippen LogP contribution in [0.1, 0.15) is 6.92 Å². The van der Waals surface area contributed by atoms with Gasteiger partial charge in [0.15, 0.2) is 0 Å². The van der Waals surface area contributed by atoms with Crippen molar-refractivity contribution in [2.75, 3.05) is 11.9 Å². The molecule has 1 rings (SSSR count). The zero-order valence-corrected chi connectivity index (χ0v) is 11.5. The van der Waals surface area contributed by atoms with Crippen LogP contribution in [0.5, 0.6) is 0 Å². The highest BCUT2D eigenvalue weighted by atomic mass is 127. The van der Waals surface area contributed by atoms with E-state index in [0.717, 1.165) is 13.7 Å². The molecule has 0 aliphatic rings. The Labute approximate surface area is 106 Å². The van der Waals surface area contributed by atoms with Crippen molar-refractivity contribution in [1.29, 1.82) is 5.26 Å². The van der Waals surface area contributed by atoms with Gasteiger partial charge in [-0.05, 0) is 63.6 Å². The van der Waals surface area contributed by atoms with E-state index in [-0.39, 0.29) is 5.92 Å². The fraction of sp³-hybridized carbons (Fsp3) is 0.300. The highest BCUT2D eigenvalue weighted by Crippen LogP contribution is 2.22. The molecule has 0 radical (unpaired) electrons. The van der Waals surface area contributed by atoms with Gasteiger partial charge in [-0.15, -0.1) is 0 Å². The van der Waals surface area contributed by atoms with E-state index in [2.05, 4.69) is 56.0 Å². The molecule has 1 N–H and O–H groups in total. The van der Waals surface area contributed by atoms with Gasteiger partial charge in [-0.1, -0.05) is 0 Å². The summed E-state index contributed by atoms with van der Waals surface area (Å²) in [6.07, 6.45) is 0.